The van der Waals surface area contributed by atoms with Crippen molar-refractivity contribution >= 4 is 18.1 Å². The number of nitrogens with zero attached hydrogens (tertiary/aromatic N) is 1. The molecule has 0 aliphatic carbocycles. The molecule has 0 bridgehead atoms. The fourth-order valence-corrected chi connectivity index (χ4v) is 2.38. The summed E-state index contributed by atoms with van der Waals surface area (Å²) in [5.41, 5.74) is 1.97. The van der Waals surface area contributed by atoms with Crippen molar-refractivity contribution in [1.82, 2.24) is 9.97 Å². The van der Waals surface area contributed by atoms with Crippen molar-refractivity contribution in [2.45, 2.75) is 20.3 Å². The molecule has 0 atom stereocenters. The summed E-state index contributed by atoms with van der Waals surface area (Å²) in [6.07, 6.45) is 7.23. The van der Waals surface area contributed by atoms with Gasteiger partial charge in [-0.3, -0.25) is 9.78 Å². The van der Waals surface area contributed by atoms with Gasteiger partial charge in [0, 0.05) is 6.20 Å². The van der Waals surface area contributed by atoms with Crippen LogP contribution in [0.1, 0.15) is 41.2 Å². The van der Waals surface area contributed by atoms with Crippen LogP contribution < -0.4 is 10.2 Å². The van der Waals surface area contributed by atoms with E-state index in [1.165, 1.54) is 14.2 Å². The highest BCUT2D eigenvalue weighted by Gasteiger charge is 2.21. The Kier molecular flexibility index (Phi) is 6.49. The molecule has 0 aliphatic heterocycles. The number of pyridine rings is 2. The Labute approximate surface area is 152 Å². The van der Waals surface area contributed by atoms with Crippen LogP contribution >= 0.6 is 0 Å². The predicted octanol–water partition coefficient (Wildman–Crippen LogP) is 3.24. The van der Waals surface area contributed by atoms with Gasteiger partial charge in [0.15, 0.2) is 5.88 Å². The van der Waals surface area contributed by atoms with Crippen molar-refractivity contribution in [3.05, 3.63) is 68.8 Å². The number of carbonyl (C=O) groups excluding carboxylic acids is 1. The number of ether oxygens (including phenoxy) is 2. The molecule has 6 heteroatoms. The summed E-state index contributed by atoms with van der Waals surface area (Å²) in [6, 6.07) is 5.47. The van der Waals surface area contributed by atoms with Crippen LogP contribution in [0.25, 0.3) is 12.2 Å². The SMILES string of the molecule is COC(=O)c1c(/C=C\c2ccccn2)[nH]c(OC)c(CC=C(C)C)c1=O. The summed E-state index contributed by atoms with van der Waals surface area (Å²) in [5.74, 6) is -0.381. The Morgan fingerprint density at radius 1 is 1.23 bits per heavy atom. The third kappa shape index (κ3) is 4.47. The quantitative estimate of drug-likeness (QED) is 0.636. The van der Waals surface area contributed by atoms with Crippen LogP contribution in [-0.4, -0.2) is 30.2 Å². The molecule has 2 aromatic rings. The first-order valence-electron chi connectivity index (χ1n) is 8.11. The van der Waals surface area contributed by atoms with Crippen molar-refractivity contribution < 1.29 is 14.3 Å². The molecule has 0 aliphatic rings. The maximum Gasteiger partial charge on any atom is 0.344 e. The third-order valence-electron chi connectivity index (χ3n) is 3.71. The molecule has 2 rings (SSSR count). The molecule has 0 fully saturated rings. The van der Waals surface area contributed by atoms with E-state index in [1.807, 2.05) is 32.1 Å². The summed E-state index contributed by atoms with van der Waals surface area (Å²) in [5, 5.41) is 0. The topological polar surface area (TPSA) is 81.3 Å². The fraction of sp³-hybridized carbons (Fsp3) is 0.250. The van der Waals surface area contributed by atoms with Crippen molar-refractivity contribution in [1.29, 1.82) is 0 Å². The number of esters is 1. The maximum atomic E-state index is 12.9. The molecule has 1 N–H and O–H groups in total. The third-order valence-corrected chi connectivity index (χ3v) is 3.71. The first kappa shape index (κ1) is 19.2. The van der Waals surface area contributed by atoms with Crippen LogP contribution in [0.4, 0.5) is 0 Å². The Balaban J connectivity index is 2.61. The van der Waals surface area contributed by atoms with Crippen LogP contribution in [0.2, 0.25) is 0 Å². The van der Waals surface area contributed by atoms with Crippen molar-refractivity contribution in [3.8, 4) is 5.88 Å². The van der Waals surface area contributed by atoms with Gasteiger partial charge in [0.05, 0.1) is 31.2 Å². The van der Waals surface area contributed by atoms with E-state index in [2.05, 4.69) is 9.97 Å². The van der Waals surface area contributed by atoms with Crippen molar-refractivity contribution in [2.75, 3.05) is 14.2 Å². The van der Waals surface area contributed by atoms with Gasteiger partial charge in [-0.2, -0.15) is 0 Å². The highest BCUT2D eigenvalue weighted by atomic mass is 16.5. The van der Waals surface area contributed by atoms with Gasteiger partial charge in [-0.05, 0) is 44.6 Å². The van der Waals surface area contributed by atoms with Gasteiger partial charge < -0.3 is 14.5 Å². The largest absolute Gasteiger partial charge is 0.482 e. The number of aromatic nitrogens is 2. The number of nitrogens with one attached hydrogen (secondary N) is 1. The van der Waals surface area contributed by atoms with Crippen molar-refractivity contribution in [2.24, 2.45) is 0 Å². The summed E-state index contributed by atoms with van der Waals surface area (Å²) in [4.78, 5) is 32.3. The number of carbonyl (C=O) groups is 1. The number of H-pyrrole nitrogens is 1. The first-order valence-corrected chi connectivity index (χ1v) is 8.11. The normalized spacial score (nSPS) is 10.6. The minimum Gasteiger partial charge on any atom is -0.482 e. The van der Waals surface area contributed by atoms with Gasteiger partial charge >= 0.3 is 5.97 Å². The summed E-state index contributed by atoms with van der Waals surface area (Å²) in [7, 11) is 2.72. The molecule has 0 saturated heterocycles. The van der Waals surface area contributed by atoms with E-state index in [0.717, 1.165) is 5.57 Å². The lowest BCUT2D eigenvalue weighted by Gasteiger charge is -2.12. The smallest absolute Gasteiger partial charge is 0.344 e. The number of hydrogen-bond donors (Lipinski definition) is 1. The van der Waals surface area contributed by atoms with Gasteiger partial charge in [0.1, 0.15) is 5.56 Å². The van der Waals surface area contributed by atoms with Gasteiger partial charge in [0.2, 0.25) is 5.43 Å². The van der Waals surface area contributed by atoms with E-state index < -0.39 is 11.4 Å². The average Bonchev–Trinajstić information content (AvgIpc) is 2.65. The zero-order chi connectivity index (χ0) is 19.1. The van der Waals surface area contributed by atoms with Gasteiger partial charge in [-0.1, -0.05) is 17.7 Å². The first-order chi connectivity index (χ1) is 12.5. The Morgan fingerprint density at radius 3 is 2.58 bits per heavy atom. The Bertz CT molecular complexity index is 892. The van der Waals surface area contributed by atoms with Crippen LogP contribution in [0.15, 0.2) is 40.8 Å². The van der Waals surface area contributed by atoms with E-state index in [9.17, 15) is 9.59 Å². The molecule has 0 saturated carbocycles. The van der Waals surface area contributed by atoms with Gasteiger partial charge in [0.25, 0.3) is 0 Å². The summed E-state index contributed by atoms with van der Waals surface area (Å²) >= 11 is 0. The lowest BCUT2D eigenvalue weighted by atomic mass is 10.0. The average molecular weight is 354 g/mol. The predicted molar refractivity (Wildman–Crippen MR) is 101 cm³/mol. The monoisotopic (exact) mass is 354 g/mol. The number of hydrogen-bond acceptors (Lipinski definition) is 5. The van der Waals surface area contributed by atoms with E-state index in [1.54, 1.807) is 24.4 Å². The number of rotatable bonds is 6. The zero-order valence-corrected chi connectivity index (χ0v) is 15.3. The van der Waals surface area contributed by atoms with Crippen LogP contribution in [0.3, 0.4) is 0 Å². The van der Waals surface area contributed by atoms with Crippen molar-refractivity contribution in [3.63, 3.8) is 0 Å². The molecular formula is C20H22N2O4. The van der Waals surface area contributed by atoms with E-state index in [0.29, 0.717) is 29.3 Å². The molecule has 0 unspecified atom stereocenters. The minimum atomic E-state index is -0.701. The maximum absolute atomic E-state index is 12.9. The minimum absolute atomic E-state index is 0.0577. The Hall–Kier alpha value is -3.15. The van der Waals surface area contributed by atoms with Crippen LogP contribution in [-0.2, 0) is 11.2 Å². The summed E-state index contributed by atoms with van der Waals surface area (Å²) < 4.78 is 10.1. The lowest BCUT2D eigenvalue weighted by molar-refractivity contribution is 0.0598. The second-order valence-corrected chi connectivity index (χ2v) is 5.82. The number of allylic oxidation sites excluding steroid dienone is 2. The highest BCUT2D eigenvalue weighted by molar-refractivity contribution is 5.94. The molecule has 0 spiro atoms. The van der Waals surface area contributed by atoms with Gasteiger partial charge in [-0.15, -0.1) is 0 Å². The second-order valence-electron chi connectivity index (χ2n) is 5.82. The zero-order valence-electron chi connectivity index (χ0n) is 15.3. The molecule has 0 radical (unpaired) electrons. The van der Waals surface area contributed by atoms with E-state index in [-0.39, 0.29) is 5.56 Å². The molecule has 26 heavy (non-hydrogen) atoms. The van der Waals surface area contributed by atoms with Gasteiger partial charge in [-0.25, -0.2) is 4.79 Å². The molecule has 0 amide bonds. The Morgan fingerprint density at radius 2 is 2.00 bits per heavy atom. The fourth-order valence-electron chi connectivity index (χ4n) is 2.38. The molecule has 2 heterocycles. The number of aromatic amines is 1. The van der Waals surface area contributed by atoms with E-state index in [4.69, 9.17) is 9.47 Å². The molecule has 6 nitrogen and oxygen atoms in total. The summed E-state index contributed by atoms with van der Waals surface area (Å²) in [6.45, 7) is 3.87. The molecule has 136 valence electrons. The van der Waals surface area contributed by atoms with Crippen LogP contribution in [0, 0.1) is 0 Å². The molecule has 2 aromatic heterocycles. The number of methoxy groups -OCH3 is 2. The molecule has 0 aromatic carbocycles. The standard InChI is InChI=1S/C20H22N2O4/c1-13(2)8-10-15-18(23)17(20(24)26-4)16(22-19(15)25-3)11-9-14-7-5-6-12-21-14/h5-9,11-12H,10H2,1-4H3,(H,22,23)/b11-9-. The second kappa shape index (κ2) is 8.80. The van der Waals surface area contributed by atoms with Crippen LogP contribution in [0.5, 0.6) is 5.88 Å². The molecular weight excluding hydrogens is 332 g/mol. The lowest BCUT2D eigenvalue weighted by Crippen LogP contribution is -2.23. The highest BCUT2D eigenvalue weighted by Crippen LogP contribution is 2.19. The van der Waals surface area contributed by atoms with E-state index >= 15 is 0 Å².